The number of rotatable bonds is 9. The lowest BCUT2D eigenvalue weighted by molar-refractivity contribution is 0.0386. The van der Waals surface area contributed by atoms with Gasteiger partial charge in [-0.05, 0) is 49.2 Å². The third-order valence-corrected chi connectivity index (χ3v) is 4.66. The summed E-state index contributed by atoms with van der Waals surface area (Å²) >= 11 is 0. The fourth-order valence-corrected chi connectivity index (χ4v) is 2.96. The molecule has 0 bridgehead atoms. The summed E-state index contributed by atoms with van der Waals surface area (Å²) in [6, 6.07) is 21.4. The molecule has 0 aliphatic rings. The van der Waals surface area contributed by atoms with Crippen molar-refractivity contribution in [2.45, 2.75) is 32.6 Å². The molecule has 1 unspecified atom stereocenters. The molecule has 0 saturated heterocycles. The van der Waals surface area contributed by atoms with E-state index in [-0.39, 0.29) is 6.54 Å². The number of furan rings is 1. The van der Waals surface area contributed by atoms with Crippen molar-refractivity contribution in [2.24, 2.45) is 4.99 Å². The first-order valence-electron chi connectivity index (χ1n) is 10.1. The molecule has 3 N–H and O–H groups in total. The number of guanidine groups is 1. The topological polar surface area (TPSA) is 79.0 Å². The number of hydrogen-bond acceptors (Lipinski definition) is 4. The van der Waals surface area contributed by atoms with Crippen LogP contribution < -0.4 is 15.4 Å². The number of aliphatic hydroxyl groups is 1. The van der Waals surface area contributed by atoms with Crippen LogP contribution in [0.3, 0.4) is 0 Å². The maximum Gasteiger partial charge on any atom is 0.191 e. The van der Waals surface area contributed by atoms with Crippen LogP contribution >= 0.6 is 0 Å². The summed E-state index contributed by atoms with van der Waals surface area (Å²) in [4.78, 5) is 4.68. The van der Waals surface area contributed by atoms with Gasteiger partial charge in [-0.2, -0.15) is 0 Å². The van der Waals surface area contributed by atoms with E-state index in [0.717, 1.165) is 16.9 Å². The van der Waals surface area contributed by atoms with Crippen molar-refractivity contribution < 1.29 is 14.3 Å². The molecule has 0 aliphatic heterocycles. The Morgan fingerprint density at radius 1 is 1.00 bits per heavy atom. The van der Waals surface area contributed by atoms with Gasteiger partial charge in [0.1, 0.15) is 23.7 Å². The molecule has 0 spiro atoms. The average Bonchev–Trinajstić information content (AvgIpc) is 3.32. The van der Waals surface area contributed by atoms with E-state index in [4.69, 9.17) is 9.15 Å². The van der Waals surface area contributed by atoms with Crippen molar-refractivity contribution in [3.05, 3.63) is 89.9 Å². The molecule has 2 aromatic carbocycles. The number of para-hydroxylation sites is 1. The number of hydrogen-bond donors (Lipinski definition) is 3. The van der Waals surface area contributed by atoms with Crippen LogP contribution in [-0.4, -0.2) is 24.2 Å². The van der Waals surface area contributed by atoms with Crippen LogP contribution in [0.1, 0.15) is 30.7 Å². The molecule has 6 nitrogen and oxygen atoms in total. The van der Waals surface area contributed by atoms with Crippen molar-refractivity contribution >= 4 is 5.96 Å². The van der Waals surface area contributed by atoms with E-state index in [1.807, 2.05) is 49.4 Å². The molecule has 0 amide bonds. The summed E-state index contributed by atoms with van der Waals surface area (Å²) < 4.78 is 11.2. The zero-order chi connectivity index (χ0) is 21.2. The quantitative estimate of drug-likeness (QED) is 0.371. The molecular weight excluding hydrogens is 378 g/mol. The van der Waals surface area contributed by atoms with Gasteiger partial charge in [-0.15, -0.1) is 0 Å². The van der Waals surface area contributed by atoms with Crippen LogP contribution in [0.15, 0.2) is 82.4 Å². The fraction of sp³-hybridized carbons (Fsp3) is 0.292. The summed E-state index contributed by atoms with van der Waals surface area (Å²) in [5.41, 5.74) is 1.04. The van der Waals surface area contributed by atoms with Gasteiger partial charge in [0.05, 0.1) is 19.4 Å². The highest BCUT2D eigenvalue weighted by Gasteiger charge is 2.26. The SMILES string of the molecule is CCNC(=NCc1ccccc1COc1ccccc1)NCC(C)(O)c1ccco1. The van der Waals surface area contributed by atoms with Gasteiger partial charge in [0.15, 0.2) is 5.96 Å². The first kappa shape index (κ1) is 21.5. The first-order valence-corrected chi connectivity index (χ1v) is 10.1. The lowest BCUT2D eigenvalue weighted by Crippen LogP contribution is -2.44. The third-order valence-electron chi connectivity index (χ3n) is 4.66. The van der Waals surface area contributed by atoms with Gasteiger partial charge < -0.3 is 24.9 Å². The lowest BCUT2D eigenvalue weighted by Gasteiger charge is -2.22. The molecule has 3 rings (SSSR count). The Bertz CT molecular complexity index is 922. The molecule has 1 atom stereocenters. The smallest absolute Gasteiger partial charge is 0.191 e. The van der Waals surface area contributed by atoms with Gasteiger partial charge in [-0.1, -0.05) is 42.5 Å². The van der Waals surface area contributed by atoms with E-state index < -0.39 is 5.60 Å². The summed E-state index contributed by atoms with van der Waals surface area (Å²) in [5, 5.41) is 17.1. The lowest BCUT2D eigenvalue weighted by atomic mass is 10.0. The predicted octanol–water partition coefficient (Wildman–Crippen LogP) is 3.82. The van der Waals surface area contributed by atoms with E-state index in [9.17, 15) is 5.11 Å². The molecule has 6 heteroatoms. The molecule has 30 heavy (non-hydrogen) atoms. The standard InChI is InChI=1S/C24H29N3O3/c1-3-25-23(27-18-24(2,28)22-14-9-15-29-22)26-16-19-10-7-8-11-20(19)17-30-21-12-5-4-6-13-21/h4-15,28H,3,16-18H2,1-2H3,(H2,25,26,27). The van der Waals surface area contributed by atoms with Gasteiger partial charge in [0, 0.05) is 6.54 Å². The van der Waals surface area contributed by atoms with Crippen LogP contribution in [0.4, 0.5) is 0 Å². The third kappa shape index (κ3) is 6.12. The highest BCUT2D eigenvalue weighted by molar-refractivity contribution is 5.79. The maximum atomic E-state index is 10.6. The normalized spacial score (nSPS) is 13.5. The Hall–Kier alpha value is -3.25. The minimum absolute atomic E-state index is 0.269. The zero-order valence-corrected chi connectivity index (χ0v) is 17.5. The minimum Gasteiger partial charge on any atom is -0.489 e. The fourth-order valence-electron chi connectivity index (χ4n) is 2.96. The monoisotopic (exact) mass is 407 g/mol. The second-order valence-electron chi connectivity index (χ2n) is 7.17. The molecule has 0 radical (unpaired) electrons. The van der Waals surface area contributed by atoms with E-state index in [0.29, 0.717) is 31.4 Å². The van der Waals surface area contributed by atoms with Gasteiger partial charge in [0.2, 0.25) is 0 Å². The minimum atomic E-state index is -1.14. The number of nitrogens with one attached hydrogen (secondary N) is 2. The van der Waals surface area contributed by atoms with Crippen LogP contribution in [0.2, 0.25) is 0 Å². The Labute approximate surface area is 177 Å². The Balaban J connectivity index is 1.64. The van der Waals surface area contributed by atoms with Crippen LogP contribution in [0.5, 0.6) is 5.75 Å². The van der Waals surface area contributed by atoms with Crippen molar-refractivity contribution in [3.8, 4) is 5.75 Å². The summed E-state index contributed by atoms with van der Waals surface area (Å²) in [6.45, 7) is 5.67. The van der Waals surface area contributed by atoms with Crippen molar-refractivity contribution in [2.75, 3.05) is 13.1 Å². The van der Waals surface area contributed by atoms with Crippen LogP contribution in [0.25, 0.3) is 0 Å². The molecule has 158 valence electrons. The molecule has 0 saturated carbocycles. The second-order valence-corrected chi connectivity index (χ2v) is 7.17. The van der Waals surface area contributed by atoms with Gasteiger partial charge in [-0.3, -0.25) is 0 Å². The van der Waals surface area contributed by atoms with E-state index in [1.165, 1.54) is 0 Å². The average molecular weight is 408 g/mol. The van der Waals surface area contributed by atoms with Crippen molar-refractivity contribution in [1.82, 2.24) is 10.6 Å². The molecular formula is C24H29N3O3. The highest BCUT2D eigenvalue weighted by atomic mass is 16.5. The van der Waals surface area contributed by atoms with Gasteiger partial charge in [-0.25, -0.2) is 4.99 Å². The Morgan fingerprint density at radius 3 is 2.43 bits per heavy atom. The van der Waals surface area contributed by atoms with Crippen molar-refractivity contribution in [3.63, 3.8) is 0 Å². The van der Waals surface area contributed by atoms with E-state index >= 15 is 0 Å². The molecule has 1 heterocycles. The van der Waals surface area contributed by atoms with E-state index in [1.54, 1.807) is 25.3 Å². The summed E-state index contributed by atoms with van der Waals surface area (Å²) in [7, 11) is 0. The number of ether oxygens (including phenoxy) is 1. The summed E-state index contributed by atoms with van der Waals surface area (Å²) in [6.07, 6.45) is 1.55. The highest BCUT2D eigenvalue weighted by Crippen LogP contribution is 2.20. The van der Waals surface area contributed by atoms with Gasteiger partial charge >= 0.3 is 0 Å². The molecule has 3 aromatic rings. The molecule has 1 aromatic heterocycles. The van der Waals surface area contributed by atoms with Crippen LogP contribution in [0, 0.1) is 0 Å². The van der Waals surface area contributed by atoms with Gasteiger partial charge in [0.25, 0.3) is 0 Å². The molecule has 0 fully saturated rings. The largest absolute Gasteiger partial charge is 0.489 e. The predicted molar refractivity (Wildman–Crippen MR) is 118 cm³/mol. The van der Waals surface area contributed by atoms with E-state index in [2.05, 4.69) is 27.8 Å². The van der Waals surface area contributed by atoms with Crippen LogP contribution in [-0.2, 0) is 18.8 Å². The Kier molecular flexibility index (Phi) is 7.51. The number of benzene rings is 2. The zero-order valence-electron chi connectivity index (χ0n) is 17.5. The Morgan fingerprint density at radius 2 is 1.73 bits per heavy atom. The number of nitrogens with zero attached hydrogens (tertiary/aromatic N) is 1. The molecule has 0 aliphatic carbocycles. The first-order chi connectivity index (χ1) is 14.6. The second kappa shape index (κ2) is 10.5. The van der Waals surface area contributed by atoms with Crippen molar-refractivity contribution in [1.29, 1.82) is 0 Å². The summed E-state index contributed by atoms with van der Waals surface area (Å²) in [5.74, 6) is 1.98. The maximum absolute atomic E-state index is 10.6. The number of aliphatic imine (C=N–C) groups is 1.